The van der Waals surface area contributed by atoms with Gasteiger partial charge in [-0.25, -0.2) is 0 Å². The molecular weight excluding hydrogens is 727 g/mol. The second-order valence-corrected chi connectivity index (χ2v) is 16.3. The number of benzene rings is 9. The van der Waals surface area contributed by atoms with Crippen LogP contribution in [-0.2, 0) is 0 Å². The first-order valence-electron chi connectivity index (χ1n) is 19.7. The summed E-state index contributed by atoms with van der Waals surface area (Å²) in [6.07, 6.45) is 0. The van der Waals surface area contributed by atoms with E-state index in [9.17, 15) is 0 Å². The van der Waals surface area contributed by atoms with E-state index in [0.29, 0.717) is 0 Å². The van der Waals surface area contributed by atoms with Gasteiger partial charge in [-0.05, 0) is 106 Å². The zero-order valence-electron chi connectivity index (χ0n) is 31.1. The number of fused-ring (bicyclic) bond motifs is 12. The van der Waals surface area contributed by atoms with Gasteiger partial charge in [0.2, 0.25) is 0 Å². The highest BCUT2D eigenvalue weighted by Crippen LogP contribution is 2.45. The highest BCUT2D eigenvalue weighted by atomic mass is 32.1. The van der Waals surface area contributed by atoms with Crippen molar-refractivity contribution < 1.29 is 8.83 Å². The molecule has 270 valence electrons. The predicted octanol–water partition coefficient (Wildman–Crippen LogP) is 16.0. The largest absolute Gasteiger partial charge is 0.456 e. The zero-order valence-corrected chi connectivity index (χ0v) is 31.9. The van der Waals surface area contributed by atoms with E-state index in [1.807, 2.05) is 35.6 Å². The van der Waals surface area contributed by atoms with Crippen LogP contribution in [0.5, 0.6) is 0 Å². The van der Waals surface area contributed by atoms with Crippen molar-refractivity contribution in [2.24, 2.45) is 0 Å². The maximum absolute atomic E-state index is 6.26. The average molecular weight is 758 g/mol. The standard InChI is InChI=1S/C54H31NO2S/c1-4-16-47-39(9-1)43-29-34(22-27-49(43)56-47)37-12-7-14-45-53(37)54-38(35-23-28-50-44(30-35)40-10-2-5-17-48(40)57-50)13-8-15-46(54)55(45)36-24-19-32(20-25-36)33-21-26-42-41-11-3-6-18-51(41)58-52(42)31-33/h1-31H. The van der Waals surface area contributed by atoms with E-state index in [1.165, 1.54) is 53.2 Å². The molecule has 0 radical (unpaired) electrons. The van der Waals surface area contributed by atoms with Gasteiger partial charge in [0.25, 0.3) is 0 Å². The second-order valence-electron chi connectivity index (χ2n) is 15.2. The minimum absolute atomic E-state index is 0.896. The lowest BCUT2D eigenvalue weighted by molar-refractivity contribution is 0.668. The highest BCUT2D eigenvalue weighted by Gasteiger charge is 2.21. The normalized spacial score (nSPS) is 12.1. The molecule has 0 saturated heterocycles. The van der Waals surface area contributed by atoms with Gasteiger partial charge in [-0.2, -0.15) is 0 Å². The van der Waals surface area contributed by atoms with Crippen LogP contribution in [-0.4, -0.2) is 4.57 Å². The Morgan fingerprint density at radius 3 is 1.45 bits per heavy atom. The summed E-state index contributed by atoms with van der Waals surface area (Å²) >= 11 is 1.86. The minimum atomic E-state index is 0.896. The molecule has 4 heteroatoms. The fraction of sp³-hybridized carbons (Fsp3) is 0. The van der Waals surface area contributed by atoms with Gasteiger partial charge >= 0.3 is 0 Å². The molecule has 0 bridgehead atoms. The molecule has 13 aromatic rings. The van der Waals surface area contributed by atoms with E-state index in [1.54, 1.807) is 0 Å². The third kappa shape index (κ3) is 4.61. The van der Waals surface area contributed by atoms with Crippen LogP contribution in [0.2, 0.25) is 0 Å². The topological polar surface area (TPSA) is 31.2 Å². The van der Waals surface area contributed by atoms with Crippen molar-refractivity contribution in [1.82, 2.24) is 4.57 Å². The van der Waals surface area contributed by atoms with Crippen LogP contribution in [0.15, 0.2) is 197 Å². The summed E-state index contributed by atoms with van der Waals surface area (Å²) in [6.45, 7) is 0. The maximum Gasteiger partial charge on any atom is 0.135 e. The summed E-state index contributed by atoms with van der Waals surface area (Å²) in [5, 5.41) is 9.58. The van der Waals surface area contributed by atoms with Gasteiger partial charge < -0.3 is 13.4 Å². The Kier molecular flexibility index (Phi) is 6.60. The van der Waals surface area contributed by atoms with Gasteiger partial charge in [0.05, 0.1) is 11.0 Å². The molecule has 58 heavy (non-hydrogen) atoms. The van der Waals surface area contributed by atoms with E-state index in [0.717, 1.165) is 71.7 Å². The molecule has 0 spiro atoms. The lowest BCUT2D eigenvalue weighted by Gasteiger charge is -2.10. The van der Waals surface area contributed by atoms with E-state index < -0.39 is 0 Å². The zero-order chi connectivity index (χ0) is 37.9. The Bertz CT molecular complexity index is 3630. The van der Waals surface area contributed by atoms with Crippen LogP contribution in [0.25, 0.3) is 125 Å². The molecule has 0 atom stereocenters. The van der Waals surface area contributed by atoms with E-state index in [4.69, 9.17) is 8.83 Å². The molecule has 0 aliphatic rings. The maximum atomic E-state index is 6.26. The molecule has 9 aromatic carbocycles. The number of hydrogen-bond acceptors (Lipinski definition) is 3. The highest BCUT2D eigenvalue weighted by molar-refractivity contribution is 7.25. The second kappa shape index (κ2) is 12.1. The number of para-hydroxylation sites is 2. The van der Waals surface area contributed by atoms with Gasteiger partial charge in [-0.3, -0.25) is 0 Å². The number of hydrogen-bond donors (Lipinski definition) is 0. The van der Waals surface area contributed by atoms with Crippen LogP contribution in [0.1, 0.15) is 0 Å². The van der Waals surface area contributed by atoms with E-state index >= 15 is 0 Å². The Hall–Kier alpha value is -7.40. The van der Waals surface area contributed by atoms with E-state index in [2.05, 4.69) is 168 Å². The molecule has 3 nitrogen and oxygen atoms in total. The minimum Gasteiger partial charge on any atom is -0.456 e. The first-order valence-corrected chi connectivity index (χ1v) is 20.5. The third-order valence-electron chi connectivity index (χ3n) is 12.0. The summed E-state index contributed by atoms with van der Waals surface area (Å²) in [6, 6.07) is 68.0. The molecule has 13 rings (SSSR count). The van der Waals surface area contributed by atoms with Crippen molar-refractivity contribution in [3.05, 3.63) is 188 Å². The summed E-state index contributed by atoms with van der Waals surface area (Å²) in [5.74, 6) is 0. The van der Waals surface area contributed by atoms with Gasteiger partial charge in [-0.15, -0.1) is 11.3 Å². The van der Waals surface area contributed by atoms with Crippen LogP contribution in [0.4, 0.5) is 0 Å². The van der Waals surface area contributed by atoms with Crippen LogP contribution >= 0.6 is 11.3 Å². The van der Waals surface area contributed by atoms with Gasteiger partial charge in [0, 0.05) is 58.2 Å². The number of nitrogens with zero attached hydrogens (tertiary/aromatic N) is 1. The van der Waals surface area contributed by atoms with Crippen molar-refractivity contribution in [2.45, 2.75) is 0 Å². The monoisotopic (exact) mass is 757 g/mol. The van der Waals surface area contributed by atoms with Crippen molar-refractivity contribution in [1.29, 1.82) is 0 Å². The van der Waals surface area contributed by atoms with Crippen LogP contribution in [0, 0.1) is 0 Å². The number of thiophene rings is 1. The lowest BCUT2D eigenvalue weighted by atomic mass is 9.93. The molecule has 0 fully saturated rings. The number of rotatable bonds is 4. The van der Waals surface area contributed by atoms with E-state index in [-0.39, 0.29) is 0 Å². The predicted molar refractivity (Wildman–Crippen MR) is 245 cm³/mol. The van der Waals surface area contributed by atoms with Gasteiger partial charge in [-0.1, -0.05) is 115 Å². The van der Waals surface area contributed by atoms with Crippen molar-refractivity contribution in [2.75, 3.05) is 0 Å². The summed E-state index contributed by atoms with van der Waals surface area (Å²) in [4.78, 5) is 0. The van der Waals surface area contributed by atoms with Crippen LogP contribution < -0.4 is 0 Å². The summed E-state index contributed by atoms with van der Waals surface area (Å²) in [7, 11) is 0. The molecule has 0 saturated carbocycles. The van der Waals surface area contributed by atoms with Crippen molar-refractivity contribution >= 4 is 97.2 Å². The molecule has 4 aromatic heterocycles. The summed E-state index contributed by atoms with van der Waals surface area (Å²) in [5.41, 5.74) is 14.1. The average Bonchev–Trinajstić information content (AvgIpc) is 4.04. The lowest BCUT2D eigenvalue weighted by Crippen LogP contribution is -1.94. The molecule has 0 aliphatic carbocycles. The Balaban J connectivity index is 1.04. The molecular formula is C54H31NO2S. The Labute approximate surface area is 336 Å². The Morgan fingerprint density at radius 1 is 0.328 bits per heavy atom. The molecule has 0 N–H and O–H groups in total. The molecule has 0 aliphatic heterocycles. The molecule has 0 amide bonds. The first-order chi connectivity index (χ1) is 28.7. The summed E-state index contributed by atoms with van der Waals surface area (Å²) < 4.78 is 17.6. The number of furan rings is 2. The first kappa shape index (κ1) is 31.8. The fourth-order valence-electron chi connectivity index (χ4n) is 9.36. The van der Waals surface area contributed by atoms with Crippen molar-refractivity contribution in [3.8, 4) is 39.1 Å². The fourth-order valence-corrected chi connectivity index (χ4v) is 10.5. The quantitative estimate of drug-likeness (QED) is 0.179. The van der Waals surface area contributed by atoms with Gasteiger partial charge in [0.15, 0.2) is 0 Å². The molecule has 4 heterocycles. The third-order valence-corrected chi connectivity index (χ3v) is 13.2. The molecule has 0 unspecified atom stereocenters. The van der Waals surface area contributed by atoms with Gasteiger partial charge in [0.1, 0.15) is 22.3 Å². The van der Waals surface area contributed by atoms with Crippen molar-refractivity contribution in [3.63, 3.8) is 0 Å². The SMILES string of the molecule is c1ccc2c(c1)oc1ccc(-c3cccc4c3c3c(-c5ccc6oc7ccccc7c6c5)cccc3n4-c3ccc(-c4ccc5c(c4)sc4ccccc45)cc3)cc12. The van der Waals surface area contributed by atoms with Crippen LogP contribution in [0.3, 0.4) is 0 Å². The number of aromatic nitrogens is 1. The Morgan fingerprint density at radius 2 is 0.828 bits per heavy atom. The smallest absolute Gasteiger partial charge is 0.135 e.